The van der Waals surface area contributed by atoms with Gasteiger partial charge in [0.1, 0.15) is 0 Å². The van der Waals surface area contributed by atoms with Crippen LogP contribution >= 0.6 is 15.9 Å². The van der Waals surface area contributed by atoms with Crippen LogP contribution in [-0.2, 0) is 6.42 Å². The molecule has 0 amide bonds. The van der Waals surface area contributed by atoms with Crippen LogP contribution in [0.3, 0.4) is 0 Å². The Labute approximate surface area is 130 Å². The third kappa shape index (κ3) is 2.67. The Bertz CT molecular complexity index is 816. The summed E-state index contributed by atoms with van der Waals surface area (Å²) in [6, 6.07) is 16.4. The zero-order chi connectivity index (χ0) is 14.8. The highest BCUT2D eigenvalue weighted by Crippen LogP contribution is 2.24. The van der Waals surface area contributed by atoms with Crippen LogP contribution in [0.15, 0.2) is 65.3 Å². The lowest BCUT2D eigenvalue weighted by molar-refractivity contribution is -0.577. The number of Topliss-reactive ketones (excluding diaryl/α,β-unsaturated/α-hetero) is 1. The maximum absolute atomic E-state index is 12.3. The number of ketones is 1. The Morgan fingerprint density at radius 2 is 1.81 bits per heavy atom. The fraction of sp³-hybridized carbons (Fsp3) is 0.0588. The molecular weight excluding hydrogens is 330 g/mol. The summed E-state index contributed by atoms with van der Waals surface area (Å²) in [4.78, 5) is 12.3. The molecule has 1 heterocycles. The van der Waals surface area contributed by atoms with Gasteiger partial charge in [0, 0.05) is 28.1 Å². The van der Waals surface area contributed by atoms with E-state index in [9.17, 15) is 10.0 Å². The van der Waals surface area contributed by atoms with E-state index in [0.29, 0.717) is 11.1 Å². The lowest BCUT2D eigenvalue weighted by atomic mass is 10.0. The first kappa shape index (κ1) is 13.8. The number of carbonyl (C=O) groups is 1. The largest absolute Gasteiger partial charge is 0.618 e. The van der Waals surface area contributed by atoms with Crippen molar-refractivity contribution in [2.45, 2.75) is 6.42 Å². The average molecular weight is 342 g/mol. The van der Waals surface area contributed by atoms with E-state index >= 15 is 0 Å². The van der Waals surface area contributed by atoms with Gasteiger partial charge in [0.2, 0.25) is 5.52 Å². The van der Waals surface area contributed by atoms with E-state index in [1.54, 1.807) is 18.2 Å². The minimum absolute atomic E-state index is 0.00285. The Balaban J connectivity index is 2.06. The molecule has 0 saturated heterocycles. The molecular formula is C17H12BrNO2. The van der Waals surface area contributed by atoms with Crippen molar-refractivity contribution in [3.05, 3.63) is 81.6 Å². The van der Waals surface area contributed by atoms with E-state index in [0.717, 1.165) is 20.2 Å². The molecule has 2 aromatic carbocycles. The number of hydrogen-bond donors (Lipinski definition) is 0. The van der Waals surface area contributed by atoms with Gasteiger partial charge in [-0.3, -0.25) is 4.79 Å². The van der Waals surface area contributed by atoms with Gasteiger partial charge >= 0.3 is 0 Å². The minimum Gasteiger partial charge on any atom is -0.618 e. The van der Waals surface area contributed by atoms with Crippen molar-refractivity contribution < 1.29 is 9.52 Å². The second-order valence-electron chi connectivity index (χ2n) is 4.77. The first-order valence-corrected chi connectivity index (χ1v) is 7.33. The number of nitrogens with zero attached hydrogens (tertiary/aromatic N) is 1. The number of para-hydroxylation sites is 1. The average Bonchev–Trinajstić information content (AvgIpc) is 2.52. The number of aromatic nitrogens is 1. The van der Waals surface area contributed by atoms with Crippen molar-refractivity contribution in [2.75, 3.05) is 0 Å². The molecule has 104 valence electrons. The highest BCUT2D eigenvalue weighted by Gasteiger charge is 2.16. The predicted octanol–water partition coefficient (Wildman–Crippen LogP) is 3.66. The van der Waals surface area contributed by atoms with Gasteiger partial charge in [-0.05, 0) is 22.0 Å². The highest BCUT2D eigenvalue weighted by atomic mass is 79.9. The Hall–Kier alpha value is -2.20. The molecule has 4 heteroatoms. The van der Waals surface area contributed by atoms with Crippen LogP contribution < -0.4 is 4.73 Å². The molecule has 0 radical (unpaired) electrons. The summed E-state index contributed by atoms with van der Waals surface area (Å²) < 4.78 is 1.66. The smallest absolute Gasteiger partial charge is 0.228 e. The predicted molar refractivity (Wildman–Crippen MR) is 85.1 cm³/mol. The second-order valence-corrected chi connectivity index (χ2v) is 5.62. The molecule has 0 bridgehead atoms. The molecule has 0 atom stereocenters. The molecule has 0 N–H and O–H groups in total. The van der Waals surface area contributed by atoms with Crippen molar-refractivity contribution in [1.29, 1.82) is 0 Å². The van der Waals surface area contributed by atoms with Crippen LogP contribution in [0.4, 0.5) is 0 Å². The van der Waals surface area contributed by atoms with E-state index in [-0.39, 0.29) is 12.2 Å². The molecule has 0 aliphatic heterocycles. The molecule has 3 rings (SSSR count). The summed E-state index contributed by atoms with van der Waals surface area (Å²) in [6.45, 7) is 0. The highest BCUT2D eigenvalue weighted by molar-refractivity contribution is 9.10. The minimum atomic E-state index is 0.00285. The standard InChI is InChI=1S/C17H12BrNO2/c18-15-9-10-19(21)17-13(7-4-8-14(15)17)11-16(20)12-5-2-1-3-6-12/h1-10H,11H2. The zero-order valence-corrected chi connectivity index (χ0v) is 12.7. The van der Waals surface area contributed by atoms with E-state index in [4.69, 9.17) is 0 Å². The van der Waals surface area contributed by atoms with Gasteiger partial charge in [0.05, 0.1) is 5.39 Å². The first-order chi connectivity index (χ1) is 10.2. The lowest BCUT2D eigenvalue weighted by Gasteiger charge is -2.08. The molecule has 0 fully saturated rings. The van der Waals surface area contributed by atoms with Crippen molar-refractivity contribution >= 4 is 32.6 Å². The van der Waals surface area contributed by atoms with E-state index in [1.807, 2.05) is 36.4 Å². The monoisotopic (exact) mass is 341 g/mol. The zero-order valence-electron chi connectivity index (χ0n) is 11.1. The number of rotatable bonds is 3. The van der Waals surface area contributed by atoms with Gasteiger partial charge in [-0.15, -0.1) is 0 Å². The lowest BCUT2D eigenvalue weighted by Crippen LogP contribution is -2.27. The molecule has 0 aliphatic carbocycles. The van der Waals surface area contributed by atoms with E-state index in [1.165, 1.54) is 6.20 Å². The number of hydrogen-bond acceptors (Lipinski definition) is 2. The molecule has 3 nitrogen and oxygen atoms in total. The molecule has 3 aromatic rings. The topological polar surface area (TPSA) is 44.0 Å². The van der Waals surface area contributed by atoms with Gasteiger partial charge in [-0.25, -0.2) is 0 Å². The molecule has 0 aliphatic rings. The maximum atomic E-state index is 12.3. The summed E-state index contributed by atoms with van der Waals surface area (Å²) >= 11 is 3.44. The van der Waals surface area contributed by atoms with Crippen LogP contribution in [0, 0.1) is 5.21 Å². The van der Waals surface area contributed by atoms with Crippen molar-refractivity contribution in [3.63, 3.8) is 0 Å². The summed E-state index contributed by atoms with van der Waals surface area (Å²) in [6.07, 6.45) is 1.66. The summed E-state index contributed by atoms with van der Waals surface area (Å²) in [5, 5.41) is 12.9. The molecule has 1 aromatic heterocycles. The molecule has 0 unspecified atom stereocenters. The van der Waals surface area contributed by atoms with Crippen LogP contribution in [0.1, 0.15) is 15.9 Å². The van der Waals surface area contributed by atoms with Gasteiger partial charge in [0.15, 0.2) is 12.0 Å². The van der Waals surface area contributed by atoms with Crippen molar-refractivity contribution in [2.24, 2.45) is 0 Å². The van der Waals surface area contributed by atoms with E-state index < -0.39 is 0 Å². The fourth-order valence-electron chi connectivity index (χ4n) is 2.38. The fourth-order valence-corrected chi connectivity index (χ4v) is 2.82. The summed E-state index contributed by atoms with van der Waals surface area (Å²) in [5.74, 6) is 0.00285. The Morgan fingerprint density at radius 1 is 1.05 bits per heavy atom. The third-order valence-electron chi connectivity index (χ3n) is 3.40. The Kier molecular flexibility index (Phi) is 3.71. The van der Waals surface area contributed by atoms with Crippen LogP contribution in [0.25, 0.3) is 10.9 Å². The number of benzene rings is 2. The quantitative estimate of drug-likeness (QED) is 0.414. The number of pyridine rings is 1. The molecule has 0 spiro atoms. The first-order valence-electron chi connectivity index (χ1n) is 6.54. The van der Waals surface area contributed by atoms with Crippen LogP contribution in [-0.4, -0.2) is 5.78 Å². The number of fused-ring (bicyclic) bond motifs is 1. The molecule has 0 saturated carbocycles. The van der Waals surface area contributed by atoms with E-state index in [2.05, 4.69) is 15.9 Å². The summed E-state index contributed by atoms with van der Waals surface area (Å²) in [7, 11) is 0. The SMILES string of the molecule is O=C(Cc1cccc2c(Br)cc[n+]([O-])c12)c1ccccc1. The van der Waals surface area contributed by atoms with Gasteiger partial charge in [0.25, 0.3) is 0 Å². The van der Waals surface area contributed by atoms with Gasteiger partial charge in [-0.2, -0.15) is 4.73 Å². The second kappa shape index (κ2) is 5.66. The van der Waals surface area contributed by atoms with Crippen molar-refractivity contribution in [1.82, 2.24) is 0 Å². The summed E-state index contributed by atoms with van der Waals surface area (Å²) in [5.41, 5.74) is 1.93. The number of carbonyl (C=O) groups excluding carboxylic acids is 1. The maximum Gasteiger partial charge on any atom is 0.228 e. The third-order valence-corrected chi connectivity index (χ3v) is 4.09. The van der Waals surface area contributed by atoms with Gasteiger partial charge < -0.3 is 5.21 Å². The van der Waals surface area contributed by atoms with Crippen LogP contribution in [0.5, 0.6) is 0 Å². The Morgan fingerprint density at radius 3 is 2.57 bits per heavy atom. The normalized spacial score (nSPS) is 10.7. The van der Waals surface area contributed by atoms with Gasteiger partial charge in [-0.1, -0.05) is 42.5 Å². The van der Waals surface area contributed by atoms with Crippen molar-refractivity contribution in [3.8, 4) is 0 Å². The van der Waals surface area contributed by atoms with Crippen LogP contribution in [0.2, 0.25) is 0 Å². The number of halogens is 1. The molecule has 21 heavy (non-hydrogen) atoms.